The second kappa shape index (κ2) is 13.3. The van der Waals surface area contributed by atoms with E-state index in [1.54, 1.807) is 30.3 Å². The molecular formula is C25H28Cl2N4O4. The molecule has 0 radical (unpaired) electrons. The third-order valence-corrected chi connectivity index (χ3v) is 5.68. The topological polar surface area (TPSA) is 85.7 Å². The van der Waals surface area contributed by atoms with Crippen LogP contribution < -0.4 is 10.9 Å². The van der Waals surface area contributed by atoms with Crippen molar-refractivity contribution >= 4 is 35.8 Å². The summed E-state index contributed by atoms with van der Waals surface area (Å²) in [4.78, 5) is 26.8. The summed E-state index contributed by atoms with van der Waals surface area (Å²) in [6.07, 6.45) is 0.266. The van der Waals surface area contributed by atoms with Crippen LogP contribution in [-0.4, -0.2) is 60.2 Å². The Hall–Kier alpha value is -2.91. The molecule has 1 aliphatic rings. The third kappa shape index (κ3) is 8.07. The Balaban J connectivity index is 0.00000342. The molecule has 2 aromatic carbocycles. The number of anilines is 1. The molecule has 186 valence electrons. The number of ether oxygens (including phenoxy) is 2. The fourth-order valence-electron chi connectivity index (χ4n) is 3.72. The Labute approximate surface area is 215 Å². The Morgan fingerprint density at radius 1 is 1.09 bits per heavy atom. The average Bonchev–Trinajstić information content (AvgIpc) is 2.84. The smallest absolute Gasteiger partial charge is 0.411 e. The van der Waals surface area contributed by atoms with Gasteiger partial charge in [0.15, 0.2) is 0 Å². The van der Waals surface area contributed by atoms with Crippen molar-refractivity contribution in [3.8, 4) is 11.3 Å². The van der Waals surface area contributed by atoms with E-state index in [2.05, 4.69) is 15.3 Å². The van der Waals surface area contributed by atoms with Gasteiger partial charge in [0.25, 0.3) is 5.56 Å². The van der Waals surface area contributed by atoms with Crippen LogP contribution in [-0.2, 0) is 16.0 Å². The third-order valence-electron chi connectivity index (χ3n) is 5.45. The standard InChI is InChI=1S/C25H27ClN4O4.ClH/c26-21-6-2-5-20(17-21)23-8-9-24(31)30(28-23)18-19-4-1-7-22(16-19)27-25(32)34-13-3-10-29-11-14-33-15-12-29;/h1-2,4-9,16-17H,3,10-15,18H2,(H,27,32);1H. The SMILES string of the molecule is Cl.O=C(Nc1cccc(Cn2nc(-c3cccc(Cl)c3)ccc2=O)c1)OCCCN1CCOCC1. The van der Waals surface area contributed by atoms with E-state index < -0.39 is 6.09 Å². The highest BCUT2D eigenvalue weighted by Gasteiger charge is 2.11. The highest BCUT2D eigenvalue weighted by Crippen LogP contribution is 2.20. The number of amides is 1. The van der Waals surface area contributed by atoms with Crippen LogP contribution in [0, 0.1) is 0 Å². The van der Waals surface area contributed by atoms with Gasteiger partial charge in [0.2, 0.25) is 0 Å². The van der Waals surface area contributed by atoms with E-state index in [-0.39, 0.29) is 24.5 Å². The summed E-state index contributed by atoms with van der Waals surface area (Å²) < 4.78 is 12.0. The van der Waals surface area contributed by atoms with Crippen molar-refractivity contribution < 1.29 is 14.3 Å². The van der Waals surface area contributed by atoms with Crippen LogP contribution in [0.5, 0.6) is 0 Å². The number of morpholine rings is 1. The van der Waals surface area contributed by atoms with Crippen LogP contribution in [0.4, 0.5) is 10.5 Å². The number of carbonyl (C=O) groups is 1. The number of nitrogens with one attached hydrogen (secondary N) is 1. The minimum atomic E-state index is -0.502. The minimum Gasteiger partial charge on any atom is -0.449 e. The molecule has 1 aromatic heterocycles. The first-order valence-electron chi connectivity index (χ1n) is 11.2. The molecule has 0 saturated carbocycles. The lowest BCUT2D eigenvalue weighted by molar-refractivity contribution is 0.0348. The monoisotopic (exact) mass is 518 g/mol. The van der Waals surface area contributed by atoms with Crippen molar-refractivity contribution in [2.45, 2.75) is 13.0 Å². The molecule has 35 heavy (non-hydrogen) atoms. The minimum absolute atomic E-state index is 0. The van der Waals surface area contributed by atoms with Gasteiger partial charge in [-0.3, -0.25) is 15.0 Å². The number of rotatable bonds is 8. The average molecular weight is 519 g/mol. The predicted octanol–water partition coefficient (Wildman–Crippen LogP) is 4.30. The van der Waals surface area contributed by atoms with Gasteiger partial charge in [0, 0.05) is 42.0 Å². The van der Waals surface area contributed by atoms with Crippen LogP contribution >= 0.6 is 24.0 Å². The predicted molar refractivity (Wildman–Crippen MR) is 139 cm³/mol. The van der Waals surface area contributed by atoms with E-state index in [0.29, 0.717) is 23.0 Å². The quantitative estimate of drug-likeness (QED) is 0.447. The van der Waals surface area contributed by atoms with Crippen LogP contribution in [0.2, 0.25) is 5.02 Å². The fourth-order valence-corrected chi connectivity index (χ4v) is 3.91. The molecule has 1 amide bonds. The van der Waals surface area contributed by atoms with Gasteiger partial charge in [-0.25, -0.2) is 9.48 Å². The summed E-state index contributed by atoms with van der Waals surface area (Å²) in [6, 6.07) is 17.7. The van der Waals surface area contributed by atoms with Crippen molar-refractivity contribution in [2.24, 2.45) is 0 Å². The van der Waals surface area contributed by atoms with Gasteiger partial charge in [-0.15, -0.1) is 12.4 Å². The highest BCUT2D eigenvalue weighted by molar-refractivity contribution is 6.30. The van der Waals surface area contributed by atoms with Crippen LogP contribution in [0.15, 0.2) is 65.5 Å². The lowest BCUT2D eigenvalue weighted by Crippen LogP contribution is -2.37. The second-order valence-electron chi connectivity index (χ2n) is 7.99. The van der Waals surface area contributed by atoms with E-state index in [1.165, 1.54) is 10.7 Å². The molecule has 0 spiro atoms. The normalized spacial score (nSPS) is 13.6. The van der Waals surface area contributed by atoms with Gasteiger partial charge in [0.1, 0.15) is 0 Å². The number of aromatic nitrogens is 2. The molecule has 0 atom stereocenters. The lowest BCUT2D eigenvalue weighted by Gasteiger charge is -2.26. The highest BCUT2D eigenvalue weighted by atomic mass is 35.5. The molecule has 10 heteroatoms. The van der Waals surface area contributed by atoms with Crippen molar-refractivity contribution in [3.63, 3.8) is 0 Å². The zero-order chi connectivity index (χ0) is 23.8. The summed E-state index contributed by atoms with van der Waals surface area (Å²) in [5, 5.41) is 7.83. The molecule has 1 saturated heterocycles. The van der Waals surface area contributed by atoms with Crippen LogP contribution in [0.1, 0.15) is 12.0 Å². The van der Waals surface area contributed by atoms with Crippen LogP contribution in [0.3, 0.4) is 0 Å². The molecule has 2 heterocycles. The van der Waals surface area contributed by atoms with E-state index in [4.69, 9.17) is 21.1 Å². The van der Waals surface area contributed by atoms with Gasteiger partial charge < -0.3 is 9.47 Å². The van der Waals surface area contributed by atoms with Crippen molar-refractivity contribution in [3.05, 3.63) is 81.6 Å². The van der Waals surface area contributed by atoms with E-state index in [0.717, 1.165) is 50.4 Å². The first kappa shape index (κ1) is 26.7. The van der Waals surface area contributed by atoms with E-state index in [9.17, 15) is 9.59 Å². The fraction of sp³-hybridized carbons (Fsp3) is 0.320. The molecule has 1 N–H and O–H groups in total. The van der Waals surface area contributed by atoms with E-state index in [1.807, 2.05) is 24.3 Å². The molecule has 0 aliphatic carbocycles. The number of hydrogen-bond acceptors (Lipinski definition) is 6. The molecule has 0 bridgehead atoms. The van der Waals surface area contributed by atoms with Crippen LogP contribution in [0.25, 0.3) is 11.3 Å². The van der Waals surface area contributed by atoms with Gasteiger partial charge in [-0.2, -0.15) is 5.10 Å². The zero-order valence-electron chi connectivity index (χ0n) is 19.2. The first-order valence-corrected chi connectivity index (χ1v) is 11.6. The Morgan fingerprint density at radius 2 is 1.89 bits per heavy atom. The lowest BCUT2D eigenvalue weighted by atomic mass is 10.1. The van der Waals surface area contributed by atoms with Gasteiger partial charge >= 0.3 is 6.09 Å². The second-order valence-corrected chi connectivity index (χ2v) is 8.43. The molecule has 1 aliphatic heterocycles. The summed E-state index contributed by atoms with van der Waals surface area (Å²) in [7, 11) is 0. The number of benzene rings is 2. The Bertz CT molecular complexity index is 1180. The van der Waals surface area contributed by atoms with Crippen molar-refractivity contribution in [2.75, 3.05) is 44.8 Å². The molecule has 4 rings (SSSR count). The number of carbonyl (C=O) groups excluding carboxylic acids is 1. The maximum atomic E-state index is 12.4. The summed E-state index contributed by atoms with van der Waals surface area (Å²) in [5.74, 6) is 0. The summed E-state index contributed by atoms with van der Waals surface area (Å²) in [6.45, 7) is 4.82. The zero-order valence-corrected chi connectivity index (χ0v) is 20.8. The number of nitrogens with zero attached hydrogens (tertiary/aromatic N) is 3. The summed E-state index contributed by atoms with van der Waals surface area (Å²) >= 11 is 6.08. The van der Waals surface area contributed by atoms with Gasteiger partial charge in [-0.1, -0.05) is 35.9 Å². The maximum Gasteiger partial charge on any atom is 0.411 e. The number of hydrogen-bond donors (Lipinski definition) is 1. The number of halogens is 2. The molecule has 3 aromatic rings. The molecule has 0 unspecified atom stereocenters. The van der Waals surface area contributed by atoms with Crippen molar-refractivity contribution in [1.82, 2.24) is 14.7 Å². The molecule has 1 fully saturated rings. The van der Waals surface area contributed by atoms with Crippen molar-refractivity contribution in [1.29, 1.82) is 0 Å². The molecular weight excluding hydrogens is 491 g/mol. The maximum absolute atomic E-state index is 12.4. The van der Waals surface area contributed by atoms with Gasteiger partial charge in [-0.05, 0) is 42.3 Å². The summed E-state index contributed by atoms with van der Waals surface area (Å²) in [5.41, 5.74) is 2.67. The Kier molecular flexibility index (Phi) is 10.1. The van der Waals surface area contributed by atoms with Gasteiger partial charge in [0.05, 0.1) is 32.1 Å². The van der Waals surface area contributed by atoms with E-state index >= 15 is 0 Å². The first-order chi connectivity index (χ1) is 16.6. The largest absolute Gasteiger partial charge is 0.449 e. The molecule has 8 nitrogen and oxygen atoms in total. The Morgan fingerprint density at radius 3 is 2.69 bits per heavy atom.